The summed E-state index contributed by atoms with van der Waals surface area (Å²) >= 11 is 0. The van der Waals surface area contributed by atoms with Gasteiger partial charge in [0.15, 0.2) is 0 Å². The topological polar surface area (TPSA) is 47.7 Å². The van der Waals surface area contributed by atoms with Crippen LogP contribution in [-0.2, 0) is 0 Å². The lowest BCUT2D eigenvalue weighted by Crippen LogP contribution is -1.93. The zero-order valence-electron chi connectivity index (χ0n) is 5.83. The molecule has 0 spiro atoms. The number of nitrogens with one attached hydrogen (secondary N) is 1. The maximum Gasteiger partial charge on any atom is 0.0813 e. The zero-order valence-corrected chi connectivity index (χ0v) is 5.83. The predicted octanol–water partition coefficient (Wildman–Crippen LogP) is 0.429. The van der Waals surface area contributed by atoms with E-state index in [9.17, 15) is 0 Å². The molecule has 3 nitrogen and oxygen atoms in total. The molecule has 1 aromatic rings. The summed E-state index contributed by atoms with van der Waals surface area (Å²) < 4.78 is 0. The van der Waals surface area contributed by atoms with E-state index in [0.29, 0.717) is 6.04 Å². The second-order valence-corrected chi connectivity index (χ2v) is 2.56. The molecule has 3 heteroatoms. The fourth-order valence-electron chi connectivity index (χ4n) is 0.863. The van der Waals surface area contributed by atoms with E-state index in [1.54, 1.807) is 0 Å². The zero-order chi connectivity index (χ0) is 6.97. The molecule has 1 aromatic heterocycles. The molecule has 0 aromatic carbocycles. The summed E-state index contributed by atoms with van der Waals surface area (Å²) in [6.45, 7) is 2.99. The summed E-state index contributed by atoms with van der Waals surface area (Å²) in [5.74, 6) is 0. The van der Waals surface area contributed by atoms with Crippen LogP contribution in [0.5, 0.6) is 0 Å². The lowest BCUT2D eigenvalue weighted by atomic mass is 10.3. The van der Waals surface area contributed by atoms with Gasteiger partial charge in [0, 0.05) is 6.54 Å². The molecule has 1 fully saturated rings. The second-order valence-electron chi connectivity index (χ2n) is 2.56. The summed E-state index contributed by atoms with van der Waals surface area (Å²) in [6, 6.07) is 4.49. The van der Waals surface area contributed by atoms with Crippen LogP contribution in [-0.4, -0.2) is 16.7 Å². The molecule has 2 rings (SSSR count). The number of aryl methyl sites for hydroxylation is 1. The average Bonchev–Trinajstić information content (AvgIpc) is 2.71. The molecule has 1 unspecified atom stereocenters. The number of nitrogens with zero attached hydrogens (tertiary/aromatic N) is 2. The van der Waals surface area contributed by atoms with Crippen LogP contribution in [0, 0.1) is 6.92 Å². The molecule has 10 heavy (non-hydrogen) atoms. The van der Waals surface area contributed by atoms with Crippen LogP contribution < -0.4 is 5.32 Å². The highest BCUT2D eigenvalue weighted by Gasteiger charge is 2.23. The number of aromatic nitrogens is 2. The van der Waals surface area contributed by atoms with Gasteiger partial charge in [0.2, 0.25) is 0 Å². The van der Waals surface area contributed by atoms with Crippen LogP contribution in [0.3, 0.4) is 0 Å². The fraction of sp³-hybridized carbons (Fsp3) is 0.429. The van der Waals surface area contributed by atoms with Crippen LogP contribution in [0.25, 0.3) is 0 Å². The van der Waals surface area contributed by atoms with E-state index >= 15 is 0 Å². The van der Waals surface area contributed by atoms with Crippen molar-refractivity contribution in [1.82, 2.24) is 15.5 Å². The summed E-state index contributed by atoms with van der Waals surface area (Å²) in [4.78, 5) is 0. The van der Waals surface area contributed by atoms with Gasteiger partial charge < -0.3 is 5.32 Å². The first kappa shape index (κ1) is 5.80. The van der Waals surface area contributed by atoms with Crippen molar-refractivity contribution < 1.29 is 0 Å². The molecule has 52 valence electrons. The Labute approximate surface area is 59.5 Å². The van der Waals surface area contributed by atoms with Gasteiger partial charge in [-0.15, -0.1) is 0 Å². The normalized spacial score (nSPS) is 22.7. The third-order valence-corrected chi connectivity index (χ3v) is 1.58. The highest BCUT2D eigenvalue weighted by Crippen LogP contribution is 2.17. The molecule has 0 amide bonds. The van der Waals surface area contributed by atoms with Crippen molar-refractivity contribution >= 4 is 0 Å². The monoisotopic (exact) mass is 135 g/mol. The molecule has 1 saturated heterocycles. The summed E-state index contributed by atoms with van der Waals surface area (Å²) in [5.41, 5.74) is 2.04. The Morgan fingerprint density at radius 1 is 1.50 bits per heavy atom. The van der Waals surface area contributed by atoms with Crippen LogP contribution in [0.1, 0.15) is 17.4 Å². The van der Waals surface area contributed by atoms with Crippen molar-refractivity contribution in [3.63, 3.8) is 0 Å². The second kappa shape index (κ2) is 2.02. The quantitative estimate of drug-likeness (QED) is 0.568. The lowest BCUT2D eigenvalue weighted by Gasteiger charge is -1.92. The van der Waals surface area contributed by atoms with E-state index in [1.165, 1.54) is 0 Å². The van der Waals surface area contributed by atoms with Gasteiger partial charge >= 0.3 is 0 Å². The summed E-state index contributed by atoms with van der Waals surface area (Å²) in [7, 11) is 0. The molecule has 0 saturated carbocycles. The van der Waals surface area contributed by atoms with Crippen LogP contribution >= 0.6 is 0 Å². The van der Waals surface area contributed by atoms with Crippen LogP contribution in [0.2, 0.25) is 0 Å². The number of hydrogen-bond acceptors (Lipinski definition) is 3. The smallest absolute Gasteiger partial charge is 0.0813 e. The first-order valence-corrected chi connectivity index (χ1v) is 3.40. The van der Waals surface area contributed by atoms with Crippen molar-refractivity contribution in [1.29, 1.82) is 0 Å². The molecule has 0 radical (unpaired) electrons. The Kier molecular flexibility index (Phi) is 1.17. The van der Waals surface area contributed by atoms with Gasteiger partial charge in [-0.3, -0.25) is 0 Å². The van der Waals surface area contributed by atoms with Gasteiger partial charge in [0.1, 0.15) is 0 Å². The average molecular weight is 135 g/mol. The van der Waals surface area contributed by atoms with Crippen molar-refractivity contribution in [3.05, 3.63) is 23.5 Å². The molecule has 1 atom stereocenters. The first-order valence-electron chi connectivity index (χ1n) is 3.40. The molecule has 0 aliphatic carbocycles. The van der Waals surface area contributed by atoms with E-state index in [-0.39, 0.29) is 0 Å². The van der Waals surface area contributed by atoms with Gasteiger partial charge in [0.05, 0.1) is 17.4 Å². The SMILES string of the molecule is Cc1ccc(C2CN2)nn1. The third-order valence-electron chi connectivity index (χ3n) is 1.58. The molecule has 1 N–H and O–H groups in total. The third kappa shape index (κ3) is 0.998. The van der Waals surface area contributed by atoms with Crippen molar-refractivity contribution in [3.8, 4) is 0 Å². The van der Waals surface area contributed by atoms with Crippen LogP contribution in [0.15, 0.2) is 12.1 Å². The van der Waals surface area contributed by atoms with Crippen molar-refractivity contribution in [2.75, 3.05) is 6.54 Å². The molecule has 0 bridgehead atoms. The van der Waals surface area contributed by atoms with E-state index in [2.05, 4.69) is 15.5 Å². The Balaban J connectivity index is 2.28. The number of rotatable bonds is 1. The van der Waals surface area contributed by atoms with Gasteiger partial charge in [-0.25, -0.2) is 0 Å². The Morgan fingerprint density at radius 2 is 2.30 bits per heavy atom. The Morgan fingerprint density at radius 3 is 2.80 bits per heavy atom. The minimum absolute atomic E-state index is 0.480. The van der Waals surface area contributed by atoms with Gasteiger partial charge in [0.25, 0.3) is 0 Å². The van der Waals surface area contributed by atoms with Gasteiger partial charge in [-0.2, -0.15) is 10.2 Å². The maximum atomic E-state index is 4.03. The highest BCUT2D eigenvalue weighted by molar-refractivity contribution is 5.14. The Hall–Kier alpha value is -0.960. The minimum atomic E-state index is 0.480. The fourth-order valence-corrected chi connectivity index (χ4v) is 0.863. The molecular formula is C7H9N3. The van der Waals surface area contributed by atoms with Crippen molar-refractivity contribution in [2.24, 2.45) is 0 Å². The van der Waals surface area contributed by atoms with E-state index in [0.717, 1.165) is 17.9 Å². The molecular weight excluding hydrogens is 126 g/mol. The number of hydrogen-bond donors (Lipinski definition) is 1. The largest absolute Gasteiger partial charge is 0.306 e. The standard InChI is InChI=1S/C7H9N3/c1-5-2-3-6(10-9-5)7-4-8-7/h2-3,7-8H,4H2,1H3. The van der Waals surface area contributed by atoms with Crippen LogP contribution in [0.4, 0.5) is 0 Å². The van der Waals surface area contributed by atoms with E-state index in [1.807, 2.05) is 19.1 Å². The lowest BCUT2D eigenvalue weighted by molar-refractivity contribution is 0.876. The molecule has 2 heterocycles. The maximum absolute atomic E-state index is 4.03. The highest BCUT2D eigenvalue weighted by atomic mass is 15.2. The molecule has 1 aliphatic rings. The minimum Gasteiger partial charge on any atom is -0.306 e. The Bertz CT molecular complexity index is 225. The van der Waals surface area contributed by atoms with E-state index in [4.69, 9.17) is 0 Å². The molecule has 1 aliphatic heterocycles. The van der Waals surface area contributed by atoms with Gasteiger partial charge in [-0.1, -0.05) is 0 Å². The summed E-state index contributed by atoms with van der Waals surface area (Å²) in [6.07, 6.45) is 0. The predicted molar refractivity (Wildman–Crippen MR) is 37.5 cm³/mol. The van der Waals surface area contributed by atoms with E-state index < -0.39 is 0 Å². The first-order chi connectivity index (χ1) is 4.86. The summed E-state index contributed by atoms with van der Waals surface area (Å²) in [5, 5.41) is 11.1. The van der Waals surface area contributed by atoms with Crippen molar-refractivity contribution in [2.45, 2.75) is 13.0 Å². The van der Waals surface area contributed by atoms with Gasteiger partial charge in [-0.05, 0) is 19.1 Å².